The maximum atomic E-state index is 3.93. The van der Waals surface area contributed by atoms with Crippen molar-refractivity contribution >= 4 is 0 Å². The molecule has 0 saturated heterocycles. The van der Waals surface area contributed by atoms with Gasteiger partial charge in [-0.2, -0.15) is 0 Å². The SMILES string of the molecule is Cc1nc[n+](C)cn1. The van der Waals surface area contributed by atoms with Crippen LogP contribution in [-0.2, 0) is 7.05 Å². The molecule has 0 aliphatic carbocycles. The minimum absolute atomic E-state index is 0.808. The molecule has 0 fully saturated rings. The van der Waals surface area contributed by atoms with Crippen molar-refractivity contribution in [2.45, 2.75) is 6.92 Å². The van der Waals surface area contributed by atoms with E-state index in [1.54, 1.807) is 17.2 Å². The van der Waals surface area contributed by atoms with Gasteiger partial charge in [-0.25, -0.2) is 4.57 Å². The Morgan fingerprint density at radius 3 is 2.25 bits per heavy atom. The van der Waals surface area contributed by atoms with Crippen LogP contribution in [0, 0.1) is 6.92 Å². The van der Waals surface area contributed by atoms with Crippen LogP contribution in [0.1, 0.15) is 5.82 Å². The average molecular weight is 110 g/mol. The van der Waals surface area contributed by atoms with Gasteiger partial charge in [0.25, 0.3) is 5.82 Å². The van der Waals surface area contributed by atoms with E-state index >= 15 is 0 Å². The minimum Gasteiger partial charge on any atom is -0.242 e. The average Bonchev–Trinajstić information content (AvgIpc) is 1.77. The molecule has 0 aromatic carbocycles. The molecule has 0 aliphatic heterocycles. The van der Waals surface area contributed by atoms with Gasteiger partial charge < -0.3 is 0 Å². The second-order valence-corrected chi connectivity index (χ2v) is 1.70. The van der Waals surface area contributed by atoms with Crippen molar-refractivity contribution in [3.8, 4) is 0 Å². The topological polar surface area (TPSA) is 29.7 Å². The molecule has 42 valence electrons. The van der Waals surface area contributed by atoms with Crippen LogP contribution in [0.5, 0.6) is 0 Å². The van der Waals surface area contributed by atoms with Gasteiger partial charge in [0.05, 0.1) is 7.05 Å². The highest BCUT2D eigenvalue weighted by Gasteiger charge is 1.91. The molecule has 0 spiro atoms. The Labute approximate surface area is 48.0 Å². The van der Waals surface area contributed by atoms with Crippen LogP contribution in [0.3, 0.4) is 0 Å². The third kappa shape index (κ3) is 0.992. The molecule has 0 N–H and O–H groups in total. The molecular formula is C5H8N3+. The van der Waals surface area contributed by atoms with E-state index in [9.17, 15) is 0 Å². The molecule has 0 amide bonds. The maximum absolute atomic E-state index is 3.93. The number of nitrogens with zero attached hydrogens (tertiary/aromatic N) is 3. The molecule has 0 aliphatic rings. The lowest BCUT2D eigenvalue weighted by atomic mass is 10.7. The lowest BCUT2D eigenvalue weighted by Crippen LogP contribution is -2.28. The Kier molecular flexibility index (Phi) is 1.20. The van der Waals surface area contributed by atoms with E-state index in [2.05, 4.69) is 9.97 Å². The molecule has 0 radical (unpaired) electrons. The summed E-state index contributed by atoms with van der Waals surface area (Å²) in [4.78, 5) is 7.86. The number of rotatable bonds is 0. The van der Waals surface area contributed by atoms with Gasteiger partial charge in [0.1, 0.15) is 0 Å². The molecule has 1 rings (SSSR count). The van der Waals surface area contributed by atoms with Crippen molar-refractivity contribution in [2.24, 2.45) is 7.05 Å². The van der Waals surface area contributed by atoms with Crippen LogP contribution in [0.15, 0.2) is 12.7 Å². The lowest BCUT2D eigenvalue weighted by molar-refractivity contribution is -0.677. The summed E-state index contributed by atoms with van der Waals surface area (Å²) in [6.45, 7) is 1.86. The largest absolute Gasteiger partial charge is 0.273 e. The fourth-order valence-corrected chi connectivity index (χ4v) is 0.412. The quantitative estimate of drug-likeness (QED) is 0.426. The Hall–Kier alpha value is -0.990. The first-order valence-electron chi connectivity index (χ1n) is 2.43. The first-order valence-corrected chi connectivity index (χ1v) is 2.43. The van der Waals surface area contributed by atoms with Gasteiger partial charge in [-0.15, -0.1) is 0 Å². The van der Waals surface area contributed by atoms with E-state index in [1.807, 2.05) is 14.0 Å². The zero-order valence-electron chi connectivity index (χ0n) is 5.00. The van der Waals surface area contributed by atoms with Gasteiger partial charge >= 0.3 is 0 Å². The maximum Gasteiger partial charge on any atom is 0.273 e. The molecule has 1 heterocycles. The highest BCUT2D eigenvalue weighted by atomic mass is 15.1. The van der Waals surface area contributed by atoms with Crippen LogP contribution >= 0.6 is 0 Å². The first-order chi connectivity index (χ1) is 3.79. The van der Waals surface area contributed by atoms with E-state index in [0.717, 1.165) is 5.82 Å². The zero-order chi connectivity index (χ0) is 5.98. The summed E-state index contributed by atoms with van der Waals surface area (Å²) in [5.74, 6) is 0.808. The van der Waals surface area contributed by atoms with Crippen molar-refractivity contribution in [1.82, 2.24) is 9.97 Å². The first kappa shape index (κ1) is 5.15. The lowest BCUT2D eigenvalue weighted by Gasteiger charge is -1.81. The third-order valence-corrected chi connectivity index (χ3v) is 0.853. The zero-order valence-corrected chi connectivity index (χ0v) is 5.00. The Morgan fingerprint density at radius 1 is 1.38 bits per heavy atom. The van der Waals surface area contributed by atoms with Crippen LogP contribution in [0.2, 0.25) is 0 Å². The molecule has 3 nitrogen and oxygen atoms in total. The van der Waals surface area contributed by atoms with Crippen LogP contribution in [0.4, 0.5) is 0 Å². The van der Waals surface area contributed by atoms with E-state index in [0.29, 0.717) is 0 Å². The van der Waals surface area contributed by atoms with E-state index in [-0.39, 0.29) is 0 Å². The summed E-state index contributed by atoms with van der Waals surface area (Å²) < 4.78 is 1.80. The normalized spacial score (nSPS) is 9.25. The Morgan fingerprint density at radius 2 is 1.88 bits per heavy atom. The second kappa shape index (κ2) is 1.86. The second-order valence-electron chi connectivity index (χ2n) is 1.70. The van der Waals surface area contributed by atoms with Crippen molar-refractivity contribution < 1.29 is 4.57 Å². The van der Waals surface area contributed by atoms with Gasteiger partial charge in [0, 0.05) is 6.92 Å². The van der Waals surface area contributed by atoms with Crippen LogP contribution < -0.4 is 4.57 Å². The summed E-state index contributed by atoms with van der Waals surface area (Å²) in [5, 5.41) is 0. The van der Waals surface area contributed by atoms with Crippen molar-refractivity contribution in [3.05, 3.63) is 18.5 Å². The van der Waals surface area contributed by atoms with Crippen molar-refractivity contribution in [1.29, 1.82) is 0 Å². The summed E-state index contributed by atoms with van der Waals surface area (Å²) in [5.41, 5.74) is 0. The highest BCUT2D eigenvalue weighted by molar-refractivity contribution is 4.69. The number of aryl methyl sites for hydroxylation is 2. The predicted octanol–water partition coefficient (Wildman–Crippen LogP) is -0.390. The van der Waals surface area contributed by atoms with Gasteiger partial charge in [-0.05, 0) is 0 Å². The van der Waals surface area contributed by atoms with Crippen molar-refractivity contribution in [2.75, 3.05) is 0 Å². The molecule has 8 heavy (non-hydrogen) atoms. The Bertz CT molecular complexity index is 147. The minimum atomic E-state index is 0.808. The molecular weight excluding hydrogens is 102 g/mol. The number of hydrogen-bond donors (Lipinski definition) is 0. The monoisotopic (exact) mass is 110 g/mol. The van der Waals surface area contributed by atoms with E-state index < -0.39 is 0 Å². The van der Waals surface area contributed by atoms with Gasteiger partial charge in [0.15, 0.2) is 0 Å². The van der Waals surface area contributed by atoms with E-state index in [1.165, 1.54) is 0 Å². The predicted molar refractivity (Wildman–Crippen MR) is 27.9 cm³/mol. The van der Waals surface area contributed by atoms with E-state index in [4.69, 9.17) is 0 Å². The van der Waals surface area contributed by atoms with Gasteiger partial charge in [0.2, 0.25) is 12.7 Å². The molecule has 0 bridgehead atoms. The summed E-state index contributed by atoms with van der Waals surface area (Å²) in [7, 11) is 1.89. The summed E-state index contributed by atoms with van der Waals surface area (Å²) in [6.07, 6.45) is 3.45. The molecule has 1 aromatic rings. The summed E-state index contributed by atoms with van der Waals surface area (Å²) >= 11 is 0. The highest BCUT2D eigenvalue weighted by Crippen LogP contribution is 1.73. The van der Waals surface area contributed by atoms with Crippen LogP contribution in [0.25, 0.3) is 0 Å². The number of hydrogen-bond acceptors (Lipinski definition) is 2. The fraction of sp³-hybridized carbons (Fsp3) is 0.400. The van der Waals surface area contributed by atoms with Crippen LogP contribution in [-0.4, -0.2) is 9.97 Å². The standard InChI is InChI=1S/C5H8N3/c1-5-6-3-8(2)4-7-5/h3-4H,1-2H3/q+1. The molecule has 3 heteroatoms. The molecule has 0 unspecified atom stereocenters. The van der Waals surface area contributed by atoms with Crippen molar-refractivity contribution in [3.63, 3.8) is 0 Å². The number of aromatic nitrogens is 3. The molecule has 1 aromatic heterocycles. The van der Waals surface area contributed by atoms with Gasteiger partial charge in [-0.3, -0.25) is 0 Å². The fourth-order valence-electron chi connectivity index (χ4n) is 0.412. The molecule has 0 atom stereocenters. The summed E-state index contributed by atoms with van der Waals surface area (Å²) in [6, 6.07) is 0. The third-order valence-electron chi connectivity index (χ3n) is 0.853. The Balaban J connectivity index is 3.03. The molecule has 0 saturated carbocycles. The van der Waals surface area contributed by atoms with Gasteiger partial charge in [-0.1, -0.05) is 9.97 Å². The smallest absolute Gasteiger partial charge is 0.242 e.